The van der Waals surface area contributed by atoms with Crippen LogP contribution in [0.2, 0.25) is 0 Å². The molecule has 0 fully saturated rings. The Bertz CT molecular complexity index is 787. The van der Waals surface area contributed by atoms with Crippen molar-refractivity contribution in [2.75, 3.05) is 19.7 Å². The lowest BCUT2D eigenvalue weighted by Crippen LogP contribution is -2.50. The highest BCUT2D eigenvalue weighted by molar-refractivity contribution is 6.22. The van der Waals surface area contributed by atoms with Crippen LogP contribution in [-0.2, 0) is 19.1 Å². The number of rotatable bonds is 9. The highest BCUT2D eigenvalue weighted by Crippen LogP contribution is 2.28. The van der Waals surface area contributed by atoms with E-state index in [1.54, 1.807) is 26.0 Å². The molecule has 0 spiro atoms. The summed E-state index contributed by atoms with van der Waals surface area (Å²) >= 11 is 0. The molecule has 9 nitrogen and oxygen atoms in total. The van der Waals surface area contributed by atoms with E-state index in [0.29, 0.717) is 13.0 Å². The number of ether oxygens (including phenoxy) is 1. The Morgan fingerprint density at radius 1 is 1.00 bits per heavy atom. The third-order valence-electron chi connectivity index (χ3n) is 4.69. The SMILES string of the molecule is CCNC(=O)CNC(=O)COC(=O)[C@H]([C@@H](C)CC)N1C(=O)c2ccccc2C1=O. The second-order valence-corrected chi connectivity index (χ2v) is 6.69. The van der Waals surface area contributed by atoms with Gasteiger partial charge in [0.1, 0.15) is 6.04 Å². The Morgan fingerprint density at radius 2 is 1.59 bits per heavy atom. The van der Waals surface area contributed by atoms with E-state index in [0.717, 1.165) is 4.90 Å². The smallest absolute Gasteiger partial charge is 0.330 e. The van der Waals surface area contributed by atoms with Crippen molar-refractivity contribution < 1.29 is 28.7 Å². The molecule has 1 heterocycles. The Balaban J connectivity index is 2.06. The van der Waals surface area contributed by atoms with Gasteiger partial charge in [0.05, 0.1) is 17.7 Å². The fourth-order valence-electron chi connectivity index (χ4n) is 2.99. The highest BCUT2D eigenvalue weighted by Gasteiger charge is 2.45. The quantitative estimate of drug-likeness (QED) is 0.457. The Labute approximate surface area is 168 Å². The number of fused-ring (bicyclic) bond motifs is 1. The minimum Gasteiger partial charge on any atom is -0.454 e. The lowest BCUT2D eigenvalue weighted by Gasteiger charge is -2.28. The average molecular weight is 403 g/mol. The molecule has 0 aromatic heterocycles. The Morgan fingerprint density at radius 3 is 2.10 bits per heavy atom. The second-order valence-electron chi connectivity index (χ2n) is 6.69. The van der Waals surface area contributed by atoms with Crippen LogP contribution >= 0.6 is 0 Å². The van der Waals surface area contributed by atoms with Crippen LogP contribution in [0.5, 0.6) is 0 Å². The summed E-state index contributed by atoms with van der Waals surface area (Å²) in [7, 11) is 0. The van der Waals surface area contributed by atoms with E-state index in [9.17, 15) is 24.0 Å². The zero-order valence-corrected chi connectivity index (χ0v) is 16.7. The average Bonchev–Trinajstić information content (AvgIpc) is 2.96. The third kappa shape index (κ3) is 4.98. The summed E-state index contributed by atoms with van der Waals surface area (Å²) < 4.78 is 5.06. The van der Waals surface area contributed by atoms with Gasteiger partial charge in [0, 0.05) is 6.54 Å². The maximum atomic E-state index is 12.7. The van der Waals surface area contributed by atoms with Gasteiger partial charge in [-0.2, -0.15) is 0 Å². The normalized spacial score (nSPS) is 14.8. The van der Waals surface area contributed by atoms with Gasteiger partial charge >= 0.3 is 5.97 Å². The molecule has 0 radical (unpaired) electrons. The van der Waals surface area contributed by atoms with E-state index in [1.807, 2.05) is 6.92 Å². The maximum absolute atomic E-state index is 12.7. The zero-order chi connectivity index (χ0) is 21.6. The van der Waals surface area contributed by atoms with Crippen LogP contribution in [-0.4, -0.2) is 60.2 Å². The molecule has 1 aliphatic rings. The lowest BCUT2D eigenvalue weighted by atomic mass is 9.97. The molecule has 0 bridgehead atoms. The van der Waals surface area contributed by atoms with Gasteiger partial charge in [-0.3, -0.25) is 24.1 Å². The molecule has 156 valence electrons. The first-order chi connectivity index (χ1) is 13.8. The number of hydrogen-bond donors (Lipinski definition) is 2. The molecule has 1 aromatic rings. The molecule has 1 aromatic carbocycles. The number of amides is 4. The van der Waals surface area contributed by atoms with Gasteiger partial charge in [-0.15, -0.1) is 0 Å². The molecule has 2 rings (SSSR count). The number of carbonyl (C=O) groups excluding carboxylic acids is 5. The number of carbonyl (C=O) groups is 5. The predicted octanol–water partition coefficient (Wildman–Crippen LogP) is 0.493. The van der Waals surface area contributed by atoms with Crippen molar-refractivity contribution in [3.63, 3.8) is 0 Å². The first kappa shape index (κ1) is 22.1. The van der Waals surface area contributed by atoms with Crippen molar-refractivity contribution >= 4 is 29.6 Å². The third-order valence-corrected chi connectivity index (χ3v) is 4.69. The minimum atomic E-state index is -1.15. The van der Waals surface area contributed by atoms with Gasteiger partial charge in [0.15, 0.2) is 6.61 Å². The molecule has 0 aliphatic carbocycles. The number of hydrogen-bond acceptors (Lipinski definition) is 6. The van der Waals surface area contributed by atoms with Crippen LogP contribution in [0.25, 0.3) is 0 Å². The van der Waals surface area contributed by atoms with Crippen molar-refractivity contribution in [3.8, 4) is 0 Å². The standard InChI is InChI=1S/C20H25N3O6/c1-4-12(3)17(20(28)29-11-16(25)22-10-15(24)21-5-2)23-18(26)13-8-6-7-9-14(13)19(23)27/h6-9,12,17H,4-5,10-11H2,1-3H3,(H,21,24)(H,22,25)/t12-,17-/m0/s1. The summed E-state index contributed by atoms with van der Waals surface area (Å²) in [5.41, 5.74) is 0.469. The van der Waals surface area contributed by atoms with E-state index in [1.165, 1.54) is 12.1 Å². The van der Waals surface area contributed by atoms with Gasteiger partial charge in [0.2, 0.25) is 5.91 Å². The molecular formula is C20H25N3O6. The summed E-state index contributed by atoms with van der Waals surface area (Å²) in [6, 6.07) is 5.20. The van der Waals surface area contributed by atoms with E-state index < -0.39 is 36.3 Å². The fourth-order valence-corrected chi connectivity index (χ4v) is 2.99. The van der Waals surface area contributed by atoms with Crippen molar-refractivity contribution in [1.29, 1.82) is 0 Å². The molecule has 0 unspecified atom stereocenters. The lowest BCUT2D eigenvalue weighted by molar-refractivity contribution is -0.154. The van der Waals surface area contributed by atoms with E-state index >= 15 is 0 Å². The molecule has 2 N–H and O–H groups in total. The largest absolute Gasteiger partial charge is 0.454 e. The van der Waals surface area contributed by atoms with E-state index in [-0.39, 0.29) is 29.5 Å². The van der Waals surface area contributed by atoms with Crippen molar-refractivity contribution in [1.82, 2.24) is 15.5 Å². The van der Waals surface area contributed by atoms with Crippen molar-refractivity contribution in [3.05, 3.63) is 35.4 Å². The number of imide groups is 1. The Hall–Kier alpha value is -3.23. The van der Waals surface area contributed by atoms with Gasteiger partial charge in [0.25, 0.3) is 17.7 Å². The summed E-state index contributed by atoms with van der Waals surface area (Å²) in [5, 5.41) is 4.85. The molecule has 1 aliphatic heterocycles. The van der Waals surface area contributed by atoms with Crippen LogP contribution in [0.3, 0.4) is 0 Å². The van der Waals surface area contributed by atoms with Crippen LogP contribution < -0.4 is 10.6 Å². The monoisotopic (exact) mass is 403 g/mol. The van der Waals surface area contributed by atoms with Crippen LogP contribution in [0, 0.1) is 5.92 Å². The van der Waals surface area contributed by atoms with Gasteiger partial charge in [-0.05, 0) is 25.0 Å². The molecule has 9 heteroatoms. The van der Waals surface area contributed by atoms with Crippen LogP contribution in [0.15, 0.2) is 24.3 Å². The number of nitrogens with one attached hydrogen (secondary N) is 2. The van der Waals surface area contributed by atoms with Crippen molar-refractivity contribution in [2.24, 2.45) is 5.92 Å². The van der Waals surface area contributed by atoms with E-state index in [2.05, 4.69) is 10.6 Å². The summed E-state index contributed by atoms with van der Waals surface area (Å²) in [6.45, 7) is 4.87. The van der Waals surface area contributed by atoms with E-state index in [4.69, 9.17) is 4.74 Å². The fraction of sp³-hybridized carbons (Fsp3) is 0.450. The molecule has 2 atom stereocenters. The number of nitrogens with zero attached hydrogens (tertiary/aromatic N) is 1. The molecule has 4 amide bonds. The Kier molecular flexibility index (Phi) is 7.46. The number of likely N-dealkylation sites (N-methyl/N-ethyl adjacent to an activating group) is 1. The summed E-state index contributed by atoms with van der Waals surface area (Å²) in [5.74, 6) is -3.36. The zero-order valence-electron chi connectivity index (χ0n) is 16.7. The predicted molar refractivity (Wildman–Crippen MR) is 103 cm³/mol. The number of esters is 1. The van der Waals surface area contributed by atoms with Gasteiger partial charge in [-0.25, -0.2) is 4.79 Å². The maximum Gasteiger partial charge on any atom is 0.330 e. The topological polar surface area (TPSA) is 122 Å². The minimum absolute atomic E-state index is 0.235. The van der Waals surface area contributed by atoms with Gasteiger partial charge < -0.3 is 15.4 Å². The van der Waals surface area contributed by atoms with Crippen LogP contribution in [0.1, 0.15) is 47.9 Å². The van der Waals surface area contributed by atoms with Crippen LogP contribution in [0.4, 0.5) is 0 Å². The summed E-state index contributed by atoms with van der Waals surface area (Å²) in [6.07, 6.45) is 0.510. The van der Waals surface area contributed by atoms with Crippen molar-refractivity contribution in [2.45, 2.75) is 33.2 Å². The molecule has 0 saturated heterocycles. The summed E-state index contributed by atoms with van der Waals surface area (Å²) in [4.78, 5) is 62.2. The highest BCUT2D eigenvalue weighted by atomic mass is 16.5. The first-order valence-corrected chi connectivity index (χ1v) is 9.48. The number of benzene rings is 1. The first-order valence-electron chi connectivity index (χ1n) is 9.48. The molecular weight excluding hydrogens is 378 g/mol. The van der Waals surface area contributed by atoms with Gasteiger partial charge in [-0.1, -0.05) is 32.4 Å². The second kappa shape index (κ2) is 9.81. The molecule has 0 saturated carbocycles. The molecule has 29 heavy (non-hydrogen) atoms.